The molecule has 1 N–H and O–H groups in total. The molecular formula is C16H28N2O2. The summed E-state index contributed by atoms with van der Waals surface area (Å²) in [5, 5.41) is 3.55. The zero-order chi connectivity index (χ0) is 15.0. The summed E-state index contributed by atoms with van der Waals surface area (Å²) in [7, 11) is 3.36. The summed E-state index contributed by atoms with van der Waals surface area (Å²) in [4.78, 5) is 2.41. The van der Waals surface area contributed by atoms with Gasteiger partial charge in [-0.25, -0.2) is 0 Å². The van der Waals surface area contributed by atoms with Gasteiger partial charge in [0.2, 0.25) is 0 Å². The third kappa shape index (κ3) is 4.69. The Morgan fingerprint density at radius 1 is 1.15 bits per heavy atom. The first-order valence-corrected chi connectivity index (χ1v) is 7.33. The highest BCUT2D eigenvalue weighted by molar-refractivity contribution is 5.42. The van der Waals surface area contributed by atoms with Crippen molar-refractivity contribution in [1.29, 1.82) is 0 Å². The molecule has 0 spiro atoms. The van der Waals surface area contributed by atoms with E-state index in [-0.39, 0.29) is 6.04 Å². The number of methoxy groups -OCH3 is 2. The monoisotopic (exact) mass is 280 g/mol. The first-order valence-electron chi connectivity index (χ1n) is 7.33. The molecule has 0 aliphatic rings. The number of nitrogens with one attached hydrogen (secondary N) is 1. The maximum atomic E-state index is 5.45. The molecule has 1 aromatic carbocycles. The Kier molecular flexibility index (Phi) is 7.41. The Labute approximate surface area is 123 Å². The van der Waals surface area contributed by atoms with Crippen molar-refractivity contribution in [1.82, 2.24) is 10.2 Å². The minimum absolute atomic E-state index is 0.256. The Morgan fingerprint density at radius 2 is 1.85 bits per heavy atom. The van der Waals surface area contributed by atoms with Crippen LogP contribution in [0.5, 0.6) is 11.5 Å². The smallest absolute Gasteiger partial charge is 0.127 e. The van der Waals surface area contributed by atoms with E-state index < -0.39 is 0 Å². The van der Waals surface area contributed by atoms with E-state index in [1.165, 1.54) is 0 Å². The summed E-state index contributed by atoms with van der Waals surface area (Å²) in [5.41, 5.74) is 1.16. The van der Waals surface area contributed by atoms with Crippen LogP contribution in [0.15, 0.2) is 18.2 Å². The zero-order valence-electron chi connectivity index (χ0n) is 13.4. The molecule has 1 atom stereocenters. The van der Waals surface area contributed by atoms with Gasteiger partial charge in [-0.2, -0.15) is 0 Å². The van der Waals surface area contributed by atoms with Gasteiger partial charge in [-0.1, -0.05) is 19.9 Å². The van der Waals surface area contributed by atoms with Crippen LogP contribution in [0.1, 0.15) is 32.4 Å². The molecule has 4 nitrogen and oxygen atoms in total. The predicted molar refractivity (Wildman–Crippen MR) is 83.8 cm³/mol. The van der Waals surface area contributed by atoms with Gasteiger partial charge in [-0.3, -0.25) is 0 Å². The van der Waals surface area contributed by atoms with Gasteiger partial charge in [0.25, 0.3) is 0 Å². The molecule has 0 amide bonds. The van der Waals surface area contributed by atoms with Crippen molar-refractivity contribution >= 4 is 0 Å². The third-order valence-electron chi connectivity index (χ3n) is 3.68. The molecule has 1 unspecified atom stereocenters. The van der Waals surface area contributed by atoms with Crippen LogP contribution in [0.2, 0.25) is 0 Å². The summed E-state index contributed by atoms with van der Waals surface area (Å²) < 4.78 is 10.7. The number of likely N-dealkylation sites (N-methyl/N-ethyl adjacent to an activating group) is 1. The molecule has 1 aromatic rings. The maximum Gasteiger partial charge on any atom is 0.127 e. The van der Waals surface area contributed by atoms with Gasteiger partial charge in [0.05, 0.1) is 14.2 Å². The van der Waals surface area contributed by atoms with E-state index in [0.29, 0.717) is 0 Å². The number of benzene rings is 1. The van der Waals surface area contributed by atoms with Gasteiger partial charge in [0.1, 0.15) is 11.5 Å². The summed E-state index contributed by atoms with van der Waals surface area (Å²) in [5.74, 6) is 1.69. The van der Waals surface area contributed by atoms with Crippen LogP contribution in [0, 0.1) is 0 Å². The van der Waals surface area contributed by atoms with E-state index in [1.807, 2.05) is 12.1 Å². The van der Waals surface area contributed by atoms with E-state index in [1.54, 1.807) is 14.2 Å². The minimum Gasteiger partial charge on any atom is -0.497 e. The normalized spacial score (nSPS) is 12.5. The molecule has 0 radical (unpaired) electrons. The van der Waals surface area contributed by atoms with E-state index in [2.05, 4.69) is 37.1 Å². The summed E-state index contributed by atoms with van der Waals surface area (Å²) in [6.07, 6.45) is 0. The van der Waals surface area contributed by atoms with Crippen molar-refractivity contribution in [3.8, 4) is 11.5 Å². The molecular weight excluding hydrogens is 252 g/mol. The van der Waals surface area contributed by atoms with Gasteiger partial charge in [0, 0.05) is 30.8 Å². The van der Waals surface area contributed by atoms with E-state index in [9.17, 15) is 0 Å². The highest BCUT2D eigenvalue weighted by atomic mass is 16.5. The first-order chi connectivity index (χ1) is 9.65. The van der Waals surface area contributed by atoms with Crippen LogP contribution in [-0.2, 0) is 0 Å². The van der Waals surface area contributed by atoms with Crippen LogP contribution in [0.3, 0.4) is 0 Å². The molecule has 0 aliphatic carbocycles. The summed E-state index contributed by atoms with van der Waals surface area (Å²) in [6, 6.07) is 6.22. The molecule has 0 heterocycles. The fraction of sp³-hybridized carbons (Fsp3) is 0.625. The quantitative estimate of drug-likeness (QED) is 0.754. The standard InChI is InChI=1S/C16H28N2O2/c1-6-18(7-2)11-10-17-13(3)15-9-8-14(19-4)12-16(15)20-5/h8-9,12-13,17H,6-7,10-11H2,1-5H3. The second kappa shape index (κ2) is 8.82. The van der Waals surface area contributed by atoms with Crippen molar-refractivity contribution in [2.24, 2.45) is 0 Å². The second-order valence-electron chi connectivity index (χ2n) is 4.81. The Balaban J connectivity index is 2.60. The SMILES string of the molecule is CCN(CC)CCNC(C)c1ccc(OC)cc1OC. The molecule has 114 valence electrons. The molecule has 0 aliphatic heterocycles. The highest BCUT2D eigenvalue weighted by Crippen LogP contribution is 2.29. The van der Waals surface area contributed by atoms with Gasteiger partial charge in [0.15, 0.2) is 0 Å². The Hall–Kier alpha value is -1.26. The lowest BCUT2D eigenvalue weighted by atomic mass is 10.1. The fourth-order valence-electron chi connectivity index (χ4n) is 2.27. The zero-order valence-corrected chi connectivity index (χ0v) is 13.4. The topological polar surface area (TPSA) is 33.7 Å². The van der Waals surface area contributed by atoms with E-state index >= 15 is 0 Å². The Morgan fingerprint density at radius 3 is 2.40 bits per heavy atom. The number of hydrogen-bond donors (Lipinski definition) is 1. The molecule has 0 aromatic heterocycles. The summed E-state index contributed by atoms with van der Waals surface area (Å²) >= 11 is 0. The van der Waals surface area contributed by atoms with Crippen LogP contribution >= 0.6 is 0 Å². The van der Waals surface area contributed by atoms with Crippen molar-refractivity contribution in [2.75, 3.05) is 40.4 Å². The number of ether oxygens (including phenoxy) is 2. The van der Waals surface area contributed by atoms with Crippen molar-refractivity contribution in [3.63, 3.8) is 0 Å². The summed E-state index contributed by atoms with van der Waals surface area (Å²) in [6.45, 7) is 10.8. The number of hydrogen-bond acceptors (Lipinski definition) is 4. The lowest BCUT2D eigenvalue weighted by Gasteiger charge is -2.21. The predicted octanol–water partition coefficient (Wildman–Crippen LogP) is 2.70. The lowest BCUT2D eigenvalue weighted by molar-refractivity contribution is 0.297. The van der Waals surface area contributed by atoms with Crippen LogP contribution in [0.4, 0.5) is 0 Å². The average molecular weight is 280 g/mol. The minimum atomic E-state index is 0.256. The lowest BCUT2D eigenvalue weighted by Crippen LogP contribution is -2.33. The molecule has 1 rings (SSSR count). The Bertz CT molecular complexity index is 392. The van der Waals surface area contributed by atoms with Gasteiger partial charge in [-0.05, 0) is 26.1 Å². The maximum absolute atomic E-state index is 5.45. The highest BCUT2D eigenvalue weighted by Gasteiger charge is 2.12. The fourth-order valence-corrected chi connectivity index (χ4v) is 2.27. The van der Waals surface area contributed by atoms with Gasteiger partial charge < -0.3 is 19.7 Å². The van der Waals surface area contributed by atoms with Gasteiger partial charge >= 0.3 is 0 Å². The molecule has 0 fully saturated rings. The largest absolute Gasteiger partial charge is 0.497 e. The molecule has 0 saturated carbocycles. The van der Waals surface area contributed by atoms with Gasteiger partial charge in [-0.15, -0.1) is 0 Å². The molecule has 0 saturated heterocycles. The van der Waals surface area contributed by atoms with Crippen molar-refractivity contribution < 1.29 is 9.47 Å². The molecule has 4 heteroatoms. The third-order valence-corrected chi connectivity index (χ3v) is 3.68. The van der Waals surface area contributed by atoms with Crippen LogP contribution in [-0.4, -0.2) is 45.3 Å². The molecule has 20 heavy (non-hydrogen) atoms. The average Bonchev–Trinajstić information content (AvgIpc) is 2.50. The first kappa shape index (κ1) is 16.8. The number of rotatable bonds is 9. The molecule has 0 bridgehead atoms. The van der Waals surface area contributed by atoms with Crippen molar-refractivity contribution in [3.05, 3.63) is 23.8 Å². The van der Waals surface area contributed by atoms with Crippen LogP contribution in [0.25, 0.3) is 0 Å². The van der Waals surface area contributed by atoms with E-state index in [4.69, 9.17) is 9.47 Å². The van der Waals surface area contributed by atoms with Crippen molar-refractivity contribution in [2.45, 2.75) is 26.8 Å². The number of nitrogens with zero attached hydrogens (tertiary/aromatic N) is 1. The van der Waals surface area contributed by atoms with E-state index in [0.717, 1.165) is 43.2 Å². The second-order valence-corrected chi connectivity index (χ2v) is 4.81. The van der Waals surface area contributed by atoms with Crippen LogP contribution < -0.4 is 14.8 Å².